The lowest BCUT2D eigenvalue weighted by Crippen LogP contribution is -2.34. The largest absolute Gasteiger partial charge is 0.508 e. The first-order valence-corrected chi connectivity index (χ1v) is 5.93. The number of aryl methyl sites for hydroxylation is 1. The maximum Gasteiger partial charge on any atom is 0.126 e. The maximum atomic E-state index is 9.43. The first-order valence-electron chi connectivity index (χ1n) is 5.93. The number of phenols is 1. The van der Waals surface area contributed by atoms with Crippen molar-refractivity contribution < 1.29 is 14.6 Å². The van der Waals surface area contributed by atoms with Crippen LogP contribution in [0.15, 0.2) is 18.2 Å². The molecule has 0 spiro atoms. The van der Waals surface area contributed by atoms with Gasteiger partial charge >= 0.3 is 0 Å². The molecule has 3 rings (SSSR count). The van der Waals surface area contributed by atoms with Crippen molar-refractivity contribution in [2.75, 3.05) is 6.61 Å². The van der Waals surface area contributed by atoms with Gasteiger partial charge in [0.05, 0.1) is 6.10 Å². The van der Waals surface area contributed by atoms with Crippen LogP contribution in [0.4, 0.5) is 0 Å². The Morgan fingerprint density at radius 1 is 1.19 bits per heavy atom. The molecule has 1 fully saturated rings. The summed E-state index contributed by atoms with van der Waals surface area (Å²) in [6.07, 6.45) is 4.67. The van der Waals surface area contributed by atoms with Crippen molar-refractivity contribution in [2.45, 2.75) is 37.9 Å². The first-order chi connectivity index (χ1) is 7.83. The van der Waals surface area contributed by atoms with Crippen LogP contribution in [0, 0.1) is 0 Å². The molecule has 2 aliphatic heterocycles. The Balaban J connectivity index is 1.79. The van der Waals surface area contributed by atoms with E-state index in [-0.39, 0.29) is 18.0 Å². The second-order valence-corrected chi connectivity index (χ2v) is 4.54. The van der Waals surface area contributed by atoms with E-state index in [4.69, 9.17) is 9.47 Å². The molecule has 1 saturated heterocycles. The molecule has 0 aromatic heterocycles. The highest BCUT2D eigenvalue weighted by Crippen LogP contribution is 2.33. The van der Waals surface area contributed by atoms with Gasteiger partial charge in [-0.05, 0) is 37.3 Å². The van der Waals surface area contributed by atoms with Crippen molar-refractivity contribution in [1.29, 1.82) is 0 Å². The molecule has 1 aromatic rings. The lowest BCUT2D eigenvalue weighted by atomic mass is 9.98. The Morgan fingerprint density at radius 3 is 2.94 bits per heavy atom. The Hall–Kier alpha value is -1.22. The molecule has 16 heavy (non-hydrogen) atoms. The Labute approximate surface area is 95.0 Å². The van der Waals surface area contributed by atoms with E-state index in [1.54, 1.807) is 12.1 Å². The SMILES string of the molecule is Oc1ccc2c(c1)O[C@H]([C@@H]1CCCO1)CC2. The molecule has 3 heteroatoms. The number of hydrogen-bond acceptors (Lipinski definition) is 3. The number of aromatic hydroxyl groups is 1. The van der Waals surface area contributed by atoms with E-state index in [2.05, 4.69) is 0 Å². The standard InChI is InChI=1S/C13H16O3/c14-10-5-3-9-4-6-12(16-13(9)8-10)11-2-1-7-15-11/h3,5,8,11-12,14H,1-2,4,6-7H2/t11-,12-/m0/s1. The van der Waals surface area contributed by atoms with Gasteiger partial charge in [-0.3, -0.25) is 0 Å². The molecular weight excluding hydrogens is 204 g/mol. The van der Waals surface area contributed by atoms with E-state index in [1.165, 1.54) is 5.56 Å². The minimum Gasteiger partial charge on any atom is -0.508 e. The minimum atomic E-state index is 0.164. The lowest BCUT2D eigenvalue weighted by molar-refractivity contribution is 0.00271. The minimum absolute atomic E-state index is 0.164. The smallest absolute Gasteiger partial charge is 0.126 e. The van der Waals surface area contributed by atoms with E-state index in [0.717, 1.165) is 38.0 Å². The van der Waals surface area contributed by atoms with Crippen molar-refractivity contribution in [1.82, 2.24) is 0 Å². The highest BCUT2D eigenvalue weighted by atomic mass is 16.5. The zero-order valence-corrected chi connectivity index (χ0v) is 9.19. The summed E-state index contributed by atoms with van der Waals surface area (Å²) in [5.41, 5.74) is 1.19. The molecule has 86 valence electrons. The summed E-state index contributed by atoms with van der Waals surface area (Å²) in [7, 11) is 0. The highest BCUT2D eigenvalue weighted by molar-refractivity contribution is 5.41. The molecule has 0 amide bonds. The van der Waals surface area contributed by atoms with Crippen molar-refractivity contribution in [2.24, 2.45) is 0 Å². The summed E-state index contributed by atoms with van der Waals surface area (Å²) in [5, 5.41) is 9.43. The number of rotatable bonds is 1. The topological polar surface area (TPSA) is 38.7 Å². The third-order valence-electron chi connectivity index (χ3n) is 3.41. The number of hydrogen-bond donors (Lipinski definition) is 1. The van der Waals surface area contributed by atoms with E-state index >= 15 is 0 Å². The molecule has 1 aromatic carbocycles. The summed E-state index contributed by atoms with van der Waals surface area (Å²) in [6.45, 7) is 0.859. The molecule has 0 radical (unpaired) electrons. The number of ether oxygens (including phenoxy) is 2. The third kappa shape index (κ3) is 1.76. The van der Waals surface area contributed by atoms with Gasteiger partial charge < -0.3 is 14.6 Å². The summed E-state index contributed by atoms with van der Waals surface area (Å²) >= 11 is 0. The van der Waals surface area contributed by atoms with Gasteiger partial charge in [0, 0.05) is 12.7 Å². The summed E-state index contributed by atoms with van der Waals surface area (Å²) in [5.74, 6) is 1.10. The first kappa shape index (κ1) is 9.97. The molecule has 1 N–H and O–H groups in total. The maximum absolute atomic E-state index is 9.43. The van der Waals surface area contributed by atoms with Crippen LogP contribution in [-0.4, -0.2) is 23.9 Å². The molecule has 0 saturated carbocycles. The normalized spacial score (nSPS) is 28.5. The van der Waals surface area contributed by atoms with Crippen LogP contribution in [0.2, 0.25) is 0 Å². The average molecular weight is 220 g/mol. The Kier molecular flexibility index (Phi) is 2.48. The predicted octanol–water partition coefficient (Wildman–Crippen LogP) is 2.26. The average Bonchev–Trinajstić information content (AvgIpc) is 2.81. The molecule has 2 atom stereocenters. The molecule has 3 nitrogen and oxygen atoms in total. The van der Waals surface area contributed by atoms with Gasteiger partial charge in [-0.2, -0.15) is 0 Å². The molecule has 2 heterocycles. The number of phenolic OH excluding ortho intramolecular Hbond substituents is 1. The van der Waals surface area contributed by atoms with Crippen LogP contribution in [0.3, 0.4) is 0 Å². The Morgan fingerprint density at radius 2 is 2.12 bits per heavy atom. The zero-order valence-electron chi connectivity index (χ0n) is 9.19. The number of fused-ring (bicyclic) bond motifs is 1. The zero-order chi connectivity index (χ0) is 11.0. The number of benzene rings is 1. The van der Waals surface area contributed by atoms with E-state index in [9.17, 15) is 5.11 Å². The second kappa shape index (κ2) is 3.98. The van der Waals surface area contributed by atoms with Gasteiger partial charge in [-0.15, -0.1) is 0 Å². The molecular formula is C13H16O3. The third-order valence-corrected chi connectivity index (χ3v) is 3.41. The van der Waals surface area contributed by atoms with Crippen molar-refractivity contribution >= 4 is 0 Å². The molecule has 0 aliphatic carbocycles. The predicted molar refractivity (Wildman–Crippen MR) is 59.8 cm³/mol. The van der Waals surface area contributed by atoms with Crippen molar-refractivity contribution in [3.8, 4) is 11.5 Å². The quantitative estimate of drug-likeness (QED) is 0.789. The van der Waals surface area contributed by atoms with E-state index in [1.807, 2.05) is 6.07 Å². The van der Waals surface area contributed by atoms with Crippen LogP contribution < -0.4 is 4.74 Å². The van der Waals surface area contributed by atoms with E-state index in [0.29, 0.717) is 0 Å². The monoisotopic (exact) mass is 220 g/mol. The molecule has 0 unspecified atom stereocenters. The van der Waals surface area contributed by atoms with Gasteiger partial charge in [0.1, 0.15) is 17.6 Å². The molecule has 2 aliphatic rings. The summed E-state index contributed by atoms with van der Waals surface area (Å²) < 4.78 is 11.6. The summed E-state index contributed by atoms with van der Waals surface area (Å²) in [4.78, 5) is 0. The summed E-state index contributed by atoms with van der Waals surface area (Å²) in [6, 6.07) is 5.36. The fourth-order valence-corrected chi connectivity index (χ4v) is 2.54. The van der Waals surface area contributed by atoms with Gasteiger partial charge in [0.25, 0.3) is 0 Å². The van der Waals surface area contributed by atoms with Crippen LogP contribution in [0.5, 0.6) is 11.5 Å². The van der Waals surface area contributed by atoms with Crippen LogP contribution in [0.25, 0.3) is 0 Å². The van der Waals surface area contributed by atoms with Gasteiger partial charge in [0.2, 0.25) is 0 Å². The van der Waals surface area contributed by atoms with Gasteiger partial charge in [-0.1, -0.05) is 6.07 Å². The fraction of sp³-hybridized carbons (Fsp3) is 0.538. The van der Waals surface area contributed by atoms with Crippen molar-refractivity contribution in [3.63, 3.8) is 0 Å². The lowest BCUT2D eigenvalue weighted by Gasteiger charge is -2.29. The highest BCUT2D eigenvalue weighted by Gasteiger charge is 2.30. The fourth-order valence-electron chi connectivity index (χ4n) is 2.54. The van der Waals surface area contributed by atoms with Crippen LogP contribution in [0.1, 0.15) is 24.8 Å². The van der Waals surface area contributed by atoms with Gasteiger partial charge in [-0.25, -0.2) is 0 Å². The van der Waals surface area contributed by atoms with Crippen LogP contribution >= 0.6 is 0 Å². The molecule has 0 bridgehead atoms. The second-order valence-electron chi connectivity index (χ2n) is 4.54. The van der Waals surface area contributed by atoms with Crippen LogP contribution in [-0.2, 0) is 11.2 Å². The van der Waals surface area contributed by atoms with Crippen molar-refractivity contribution in [3.05, 3.63) is 23.8 Å². The van der Waals surface area contributed by atoms with E-state index < -0.39 is 0 Å². The Bertz CT molecular complexity index is 383. The van der Waals surface area contributed by atoms with Gasteiger partial charge in [0.15, 0.2) is 0 Å².